The maximum atomic E-state index is 10.8. The SMILES string of the molecule is C[C@@H](/C=C/CO[Si](c1ccccc1)(c1ccccc1)C(C)(C)C)OC(N)=O. The van der Waals surface area contributed by atoms with Crippen LogP contribution in [-0.4, -0.2) is 27.1 Å². The van der Waals surface area contributed by atoms with Gasteiger partial charge in [-0.25, -0.2) is 4.79 Å². The smallest absolute Gasteiger partial charge is 0.405 e. The summed E-state index contributed by atoms with van der Waals surface area (Å²) in [6.07, 6.45) is 2.53. The predicted molar refractivity (Wildman–Crippen MR) is 113 cm³/mol. The van der Waals surface area contributed by atoms with Crippen LogP contribution >= 0.6 is 0 Å². The van der Waals surface area contributed by atoms with Crippen LogP contribution in [0.1, 0.15) is 27.7 Å². The summed E-state index contributed by atoms with van der Waals surface area (Å²) in [7, 11) is -2.54. The average Bonchev–Trinajstić information content (AvgIpc) is 2.61. The molecule has 144 valence electrons. The number of carbonyl (C=O) groups excluding carboxylic acids is 1. The van der Waals surface area contributed by atoms with Crippen LogP contribution in [0.4, 0.5) is 4.79 Å². The maximum absolute atomic E-state index is 10.8. The van der Waals surface area contributed by atoms with Gasteiger partial charge in [0.25, 0.3) is 8.32 Å². The monoisotopic (exact) mass is 383 g/mol. The second-order valence-electron chi connectivity index (χ2n) is 7.54. The Morgan fingerprint density at radius 2 is 1.52 bits per heavy atom. The molecule has 1 atom stereocenters. The van der Waals surface area contributed by atoms with Gasteiger partial charge in [0.2, 0.25) is 0 Å². The lowest BCUT2D eigenvalue weighted by atomic mass is 10.2. The van der Waals surface area contributed by atoms with Gasteiger partial charge in [-0.05, 0) is 28.4 Å². The molecule has 5 heteroatoms. The Kier molecular flexibility index (Phi) is 6.99. The lowest BCUT2D eigenvalue weighted by Gasteiger charge is -2.42. The zero-order valence-electron chi connectivity index (χ0n) is 16.5. The van der Waals surface area contributed by atoms with Crippen molar-refractivity contribution in [2.45, 2.75) is 38.8 Å². The van der Waals surface area contributed by atoms with Gasteiger partial charge in [-0.3, -0.25) is 0 Å². The number of primary amides is 1. The first-order valence-corrected chi connectivity index (χ1v) is 11.1. The molecule has 0 saturated heterocycles. The zero-order chi connectivity index (χ0) is 19.9. The molecule has 0 saturated carbocycles. The van der Waals surface area contributed by atoms with Gasteiger partial charge >= 0.3 is 6.09 Å². The Balaban J connectivity index is 2.38. The molecule has 0 aliphatic heterocycles. The number of ether oxygens (including phenoxy) is 1. The Labute approximate surface area is 163 Å². The number of nitrogens with two attached hydrogens (primary N) is 1. The third-order valence-corrected chi connectivity index (χ3v) is 9.53. The lowest BCUT2D eigenvalue weighted by molar-refractivity contribution is 0.137. The highest BCUT2D eigenvalue weighted by molar-refractivity contribution is 6.99. The Morgan fingerprint density at radius 1 is 1.04 bits per heavy atom. The highest BCUT2D eigenvalue weighted by atomic mass is 28.4. The van der Waals surface area contributed by atoms with E-state index in [9.17, 15) is 4.79 Å². The van der Waals surface area contributed by atoms with Crippen LogP contribution in [-0.2, 0) is 9.16 Å². The van der Waals surface area contributed by atoms with Crippen LogP contribution < -0.4 is 16.1 Å². The van der Waals surface area contributed by atoms with Crippen molar-refractivity contribution in [3.63, 3.8) is 0 Å². The fourth-order valence-corrected chi connectivity index (χ4v) is 7.91. The second-order valence-corrected chi connectivity index (χ2v) is 11.9. The summed E-state index contributed by atoms with van der Waals surface area (Å²) in [4.78, 5) is 10.8. The molecule has 0 spiro atoms. The quantitative estimate of drug-likeness (QED) is 0.587. The maximum Gasteiger partial charge on any atom is 0.405 e. The van der Waals surface area contributed by atoms with Crippen LogP contribution in [0.5, 0.6) is 0 Å². The number of amides is 1. The molecular weight excluding hydrogens is 354 g/mol. The Morgan fingerprint density at radius 3 is 1.93 bits per heavy atom. The first kappa shape index (κ1) is 20.9. The molecule has 4 nitrogen and oxygen atoms in total. The summed E-state index contributed by atoms with van der Waals surface area (Å²) in [5.74, 6) is 0. The number of carbonyl (C=O) groups is 1. The molecule has 0 aliphatic carbocycles. The fraction of sp³-hybridized carbons (Fsp3) is 0.318. The van der Waals surface area contributed by atoms with Crippen LogP contribution in [0.2, 0.25) is 5.04 Å². The van der Waals surface area contributed by atoms with Crippen LogP contribution in [0, 0.1) is 0 Å². The fourth-order valence-electron chi connectivity index (χ4n) is 3.40. The molecule has 0 radical (unpaired) electrons. The normalized spacial score (nSPS) is 13.5. The van der Waals surface area contributed by atoms with Crippen molar-refractivity contribution >= 4 is 24.8 Å². The molecule has 2 N–H and O–H groups in total. The van der Waals surface area contributed by atoms with E-state index >= 15 is 0 Å². The molecule has 0 aromatic heterocycles. The summed E-state index contributed by atoms with van der Waals surface area (Å²) in [6, 6.07) is 20.9. The lowest BCUT2D eigenvalue weighted by Crippen LogP contribution is -2.66. The largest absolute Gasteiger partial charge is 0.442 e. The van der Waals surface area contributed by atoms with Crippen molar-refractivity contribution in [1.29, 1.82) is 0 Å². The van der Waals surface area contributed by atoms with Gasteiger partial charge in [0.1, 0.15) is 6.10 Å². The molecule has 0 fully saturated rings. The van der Waals surface area contributed by atoms with E-state index in [1.807, 2.05) is 18.2 Å². The highest BCUT2D eigenvalue weighted by Crippen LogP contribution is 2.36. The highest BCUT2D eigenvalue weighted by Gasteiger charge is 2.49. The molecule has 2 aromatic rings. The Bertz CT molecular complexity index is 715. The van der Waals surface area contributed by atoms with E-state index in [0.717, 1.165) is 0 Å². The van der Waals surface area contributed by atoms with Crippen molar-refractivity contribution in [2.24, 2.45) is 5.73 Å². The van der Waals surface area contributed by atoms with Gasteiger partial charge in [0.15, 0.2) is 0 Å². The second kappa shape index (κ2) is 9.02. The first-order valence-electron chi connectivity index (χ1n) is 9.15. The van der Waals surface area contributed by atoms with Crippen LogP contribution in [0.15, 0.2) is 72.8 Å². The van der Waals surface area contributed by atoms with Gasteiger partial charge < -0.3 is 14.9 Å². The minimum absolute atomic E-state index is 0.0705. The van der Waals surface area contributed by atoms with E-state index in [4.69, 9.17) is 14.9 Å². The van der Waals surface area contributed by atoms with Gasteiger partial charge in [-0.2, -0.15) is 0 Å². The first-order chi connectivity index (χ1) is 12.8. The topological polar surface area (TPSA) is 61.6 Å². The molecule has 2 rings (SSSR count). The molecule has 27 heavy (non-hydrogen) atoms. The van der Waals surface area contributed by atoms with Gasteiger partial charge in [0.05, 0.1) is 6.61 Å². The van der Waals surface area contributed by atoms with Gasteiger partial charge in [-0.15, -0.1) is 0 Å². The minimum atomic E-state index is -2.54. The number of rotatable bonds is 7. The molecule has 0 unspecified atom stereocenters. The van der Waals surface area contributed by atoms with Gasteiger partial charge in [0, 0.05) is 0 Å². The summed E-state index contributed by atoms with van der Waals surface area (Å²) >= 11 is 0. The molecule has 0 aliphatic rings. The minimum Gasteiger partial charge on any atom is -0.442 e. The third-order valence-electron chi connectivity index (χ3n) is 4.52. The summed E-state index contributed by atoms with van der Waals surface area (Å²) in [5.41, 5.74) is 5.06. The van der Waals surface area contributed by atoms with Crippen LogP contribution in [0.3, 0.4) is 0 Å². The van der Waals surface area contributed by atoms with E-state index < -0.39 is 14.4 Å². The Hall–Kier alpha value is -2.37. The standard InChI is InChI=1S/C22H29NO3Si/c1-18(26-21(23)24)12-11-17-25-27(22(2,3)4,19-13-7-5-8-14-19)20-15-9-6-10-16-20/h5-16,18H,17H2,1-4H3,(H2,23,24)/b12-11+/t18-/m0/s1. The van der Waals surface area contributed by atoms with E-state index in [1.165, 1.54) is 10.4 Å². The number of benzene rings is 2. The van der Waals surface area contributed by atoms with Crippen molar-refractivity contribution in [3.8, 4) is 0 Å². The summed E-state index contributed by atoms with van der Waals surface area (Å²) in [5, 5.41) is 2.40. The number of hydrogen-bond donors (Lipinski definition) is 1. The summed E-state index contributed by atoms with van der Waals surface area (Å²) in [6.45, 7) is 8.91. The van der Waals surface area contributed by atoms with Crippen molar-refractivity contribution < 1.29 is 14.0 Å². The van der Waals surface area contributed by atoms with Crippen LogP contribution in [0.25, 0.3) is 0 Å². The zero-order valence-corrected chi connectivity index (χ0v) is 17.5. The molecule has 0 heterocycles. The van der Waals surface area contributed by atoms with Crippen molar-refractivity contribution in [2.75, 3.05) is 6.61 Å². The van der Waals surface area contributed by atoms with Gasteiger partial charge in [-0.1, -0.05) is 87.5 Å². The van der Waals surface area contributed by atoms with E-state index in [2.05, 4.69) is 69.3 Å². The molecule has 1 amide bonds. The third kappa shape index (κ3) is 5.08. The van der Waals surface area contributed by atoms with Crippen molar-refractivity contribution in [3.05, 3.63) is 72.8 Å². The average molecular weight is 384 g/mol. The van der Waals surface area contributed by atoms with E-state index in [1.54, 1.807) is 13.0 Å². The molecular formula is C22H29NO3Si. The molecule has 0 bridgehead atoms. The van der Waals surface area contributed by atoms with E-state index in [-0.39, 0.29) is 11.1 Å². The molecule has 2 aromatic carbocycles. The predicted octanol–water partition coefficient (Wildman–Crippen LogP) is 3.60. The number of hydrogen-bond acceptors (Lipinski definition) is 3. The van der Waals surface area contributed by atoms with Crippen molar-refractivity contribution in [1.82, 2.24) is 0 Å². The summed E-state index contributed by atoms with van der Waals surface area (Å²) < 4.78 is 11.6. The van der Waals surface area contributed by atoms with E-state index in [0.29, 0.717) is 6.61 Å².